The summed E-state index contributed by atoms with van der Waals surface area (Å²) in [6.07, 6.45) is 0. The van der Waals surface area contributed by atoms with E-state index in [0.717, 1.165) is 11.3 Å². The molecule has 0 spiro atoms. The molecule has 102 valence electrons. The van der Waals surface area contributed by atoms with Crippen LogP contribution >= 0.6 is 0 Å². The molecule has 0 aliphatic carbocycles. The van der Waals surface area contributed by atoms with Crippen molar-refractivity contribution < 1.29 is 9.13 Å². The fourth-order valence-corrected chi connectivity index (χ4v) is 1.44. The van der Waals surface area contributed by atoms with Gasteiger partial charge in [-0.05, 0) is 44.9 Å². The highest BCUT2D eigenvalue weighted by atomic mass is 19.1. The molecule has 0 unspecified atom stereocenters. The zero-order chi connectivity index (χ0) is 13.8. The van der Waals surface area contributed by atoms with E-state index in [-0.39, 0.29) is 11.4 Å². The Morgan fingerprint density at radius 3 is 2.50 bits per heavy atom. The minimum absolute atomic E-state index is 0.00162. The third-order valence-corrected chi connectivity index (χ3v) is 2.40. The minimum Gasteiger partial charge on any atom is -0.493 e. The molecule has 0 fully saturated rings. The van der Waals surface area contributed by atoms with Gasteiger partial charge in [-0.25, -0.2) is 4.39 Å². The number of halogens is 1. The number of ether oxygens (including phenoxy) is 1. The van der Waals surface area contributed by atoms with Crippen molar-refractivity contribution in [2.75, 3.05) is 6.61 Å². The monoisotopic (exact) mass is 253 g/mol. The lowest BCUT2D eigenvalue weighted by atomic mass is 10.1. The molecule has 0 radical (unpaired) electrons. The zero-order valence-electron chi connectivity index (χ0n) is 12.0. The van der Waals surface area contributed by atoms with Crippen molar-refractivity contribution in [1.29, 1.82) is 0 Å². The first-order valence-electron chi connectivity index (χ1n) is 6.44. The Hall–Kier alpha value is -1.09. The maximum atomic E-state index is 13.3. The Balaban J connectivity index is 2.76. The summed E-state index contributed by atoms with van der Waals surface area (Å²) in [7, 11) is 0. The third kappa shape index (κ3) is 5.50. The van der Waals surface area contributed by atoms with Gasteiger partial charge in [0.2, 0.25) is 0 Å². The summed E-state index contributed by atoms with van der Waals surface area (Å²) in [6.45, 7) is 11.7. The quantitative estimate of drug-likeness (QED) is 0.863. The molecule has 2 nitrogen and oxygen atoms in total. The van der Waals surface area contributed by atoms with Crippen LogP contribution in [0.25, 0.3) is 0 Å². The molecule has 3 heteroatoms. The van der Waals surface area contributed by atoms with Crippen LogP contribution in [0.3, 0.4) is 0 Å². The summed E-state index contributed by atoms with van der Waals surface area (Å²) in [5.74, 6) is 0.998. The fourth-order valence-electron chi connectivity index (χ4n) is 1.44. The first-order chi connectivity index (χ1) is 8.28. The molecule has 0 aliphatic rings. The van der Waals surface area contributed by atoms with Crippen LogP contribution in [0, 0.1) is 11.7 Å². The van der Waals surface area contributed by atoms with Crippen LogP contribution in [0.2, 0.25) is 0 Å². The molecule has 0 atom stereocenters. The molecule has 0 aromatic heterocycles. The van der Waals surface area contributed by atoms with E-state index in [4.69, 9.17) is 4.74 Å². The Bertz CT molecular complexity index is 383. The van der Waals surface area contributed by atoms with Gasteiger partial charge >= 0.3 is 0 Å². The topological polar surface area (TPSA) is 21.3 Å². The van der Waals surface area contributed by atoms with Crippen LogP contribution < -0.4 is 10.1 Å². The number of hydrogen-bond acceptors (Lipinski definition) is 2. The van der Waals surface area contributed by atoms with E-state index in [1.165, 1.54) is 12.1 Å². The van der Waals surface area contributed by atoms with E-state index in [1.54, 1.807) is 6.07 Å². The second kappa shape index (κ2) is 6.19. The molecule has 1 aromatic rings. The van der Waals surface area contributed by atoms with E-state index in [2.05, 4.69) is 39.9 Å². The largest absolute Gasteiger partial charge is 0.493 e. The molecule has 18 heavy (non-hydrogen) atoms. The predicted molar refractivity (Wildman–Crippen MR) is 73.3 cm³/mol. The van der Waals surface area contributed by atoms with E-state index in [9.17, 15) is 4.39 Å². The molecule has 1 N–H and O–H groups in total. The molecule has 0 saturated heterocycles. The third-order valence-electron chi connectivity index (χ3n) is 2.40. The molecular formula is C15H24FNO. The lowest BCUT2D eigenvalue weighted by Gasteiger charge is -2.22. The zero-order valence-corrected chi connectivity index (χ0v) is 12.0. The Morgan fingerprint density at radius 2 is 1.94 bits per heavy atom. The second-order valence-electron chi connectivity index (χ2n) is 6.06. The fraction of sp³-hybridized carbons (Fsp3) is 0.600. The van der Waals surface area contributed by atoms with Crippen molar-refractivity contribution in [1.82, 2.24) is 5.32 Å². The van der Waals surface area contributed by atoms with Crippen LogP contribution in [-0.4, -0.2) is 12.1 Å². The van der Waals surface area contributed by atoms with E-state index < -0.39 is 0 Å². The maximum absolute atomic E-state index is 13.3. The summed E-state index contributed by atoms with van der Waals surface area (Å²) in [6, 6.07) is 4.68. The van der Waals surface area contributed by atoms with Crippen molar-refractivity contribution >= 4 is 0 Å². The second-order valence-corrected chi connectivity index (χ2v) is 6.06. The number of nitrogens with one attached hydrogen (secondary N) is 1. The summed E-state index contributed by atoms with van der Waals surface area (Å²) in [5, 5.41) is 3.35. The first-order valence-corrected chi connectivity index (χ1v) is 6.44. The van der Waals surface area contributed by atoms with Crippen LogP contribution in [0.1, 0.15) is 40.2 Å². The van der Waals surface area contributed by atoms with Gasteiger partial charge in [-0.15, -0.1) is 0 Å². The van der Waals surface area contributed by atoms with Gasteiger partial charge in [0.15, 0.2) is 0 Å². The molecule has 0 heterocycles. The molecule has 0 saturated carbocycles. The van der Waals surface area contributed by atoms with Gasteiger partial charge < -0.3 is 10.1 Å². The van der Waals surface area contributed by atoms with Crippen LogP contribution in [0.4, 0.5) is 4.39 Å². The molecule has 0 aliphatic heterocycles. The highest BCUT2D eigenvalue weighted by molar-refractivity contribution is 5.34. The Morgan fingerprint density at radius 1 is 1.28 bits per heavy atom. The summed E-state index contributed by atoms with van der Waals surface area (Å²) < 4.78 is 19.0. The summed E-state index contributed by atoms with van der Waals surface area (Å²) in [5.41, 5.74) is 0.868. The predicted octanol–water partition coefficient (Wildman–Crippen LogP) is 3.75. The van der Waals surface area contributed by atoms with Crippen LogP contribution in [-0.2, 0) is 6.54 Å². The van der Waals surface area contributed by atoms with Gasteiger partial charge in [0.1, 0.15) is 11.6 Å². The summed E-state index contributed by atoms with van der Waals surface area (Å²) >= 11 is 0. The maximum Gasteiger partial charge on any atom is 0.123 e. The lowest BCUT2D eigenvalue weighted by molar-refractivity contribution is 0.266. The minimum atomic E-state index is -0.224. The van der Waals surface area contributed by atoms with Gasteiger partial charge in [-0.2, -0.15) is 0 Å². The van der Waals surface area contributed by atoms with Crippen LogP contribution in [0.5, 0.6) is 5.75 Å². The highest BCUT2D eigenvalue weighted by Crippen LogP contribution is 2.21. The molecule has 1 rings (SSSR count). The average molecular weight is 253 g/mol. The van der Waals surface area contributed by atoms with Crippen molar-refractivity contribution in [2.45, 2.75) is 46.7 Å². The van der Waals surface area contributed by atoms with Gasteiger partial charge in [0.05, 0.1) is 6.61 Å². The lowest BCUT2D eigenvalue weighted by Crippen LogP contribution is -2.35. The molecule has 0 amide bonds. The Kier molecular flexibility index (Phi) is 5.15. The van der Waals surface area contributed by atoms with Crippen molar-refractivity contribution in [3.05, 3.63) is 29.6 Å². The number of rotatable bonds is 5. The number of benzene rings is 1. The molecule has 0 bridgehead atoms. The number of hydrogen-bond donors (Lipinski definition) is 1. The van der Waals surface area contributed by atoms with Gasteiger partial charge in [0, 0.05) is 17.6 Å². The van der Waals surface area contributed by atoms with E-state index in [1.807, 2.05) is 0 Å². The average Bonchev–Trinajstić information content (AvgIpc) is 2.23. The molecule has 1 aromatic carbocycles. The standard InChI is InChI=1S/C15H24FNO/c1-11(2)10-18-14-7-6-13(16)8-12(14)9-17-15(3,4)5/h6-8,11,17H,9-10H2,1-5H3. The van der Waals surface area contributed by atoms with Crippen LogP contribution in [0.15, 0.2) is 18.2 Å². The highest BCUT2D eigenvalue weighted by Gasteiger charge is 2.12. The van der Waals surface area contributed by atoms with Gasteiger partial charge in [0.25, 0.3) is 0 Å². The molecular weight excluding hydrogens is 229 g/mol. The normalized spacial score (nSPS) is 11.9. The summed E-state index contributed by atoms with van der Waals surface area (Å²) in [4.78, 5) is 0. The van der Waals surface area contributed by atoms with E-state index in [0.29, 0.717) is 19.1 Å². The van der Waals surface area contributed by atoms with Crippen molar-refractivity contribution in [3.8, 4) is 5.75 Å². The SMILES string of the molecule is CC(C)COc1ccc(F)cc1CNC(C)(C)C. The first kappa shape index (κ1) is 15.0. The van der Waals surface area contributed by atoms with Gasteiger partial charge in [-0.1, -0.05) is 13.8 Å². The smallest absolute Gasteiger partial charge is 0.123 e. The van der Waals surface area contributed by atoms with E-state index >= 15 is 0 Å². The van der Waals surface area contributed by atoms with Crippen molar-refractivity contribution in [2.24, 2.45) is 5.92 Å². The van der Waals surface area contributed by atoms with Crippen molar-refractivity contribution in [3.63, 3.8) is 0 Å². The Labute approximate surface area is 110 Å². The van der Waals surface area contributed by atoms with Gasteiger partial charge in [-0.3, -0.25) is 0 Å².